The van der Waals surface area contributed by atoms with Gasteiger partial charge in [0.15, 0.2) is 0 Å². The second-order valence-electron chi connectivity index (χ2n) is 3.15. The molecule has 4 nitrogen and oxygen atoms in total. The maximum absolute atomic E-state index is 10.2. The topological polar surface area (TPSA) is 64.3 Å². The van der Waals surface area contributed by atoms with E-state index in [0.29, 0.717) is 25.1 Å². The number of nitrogens with two attached hydrogens (primary N) is 1. The third kappa shape index (κ3) is 5.97. The van der Waals surface area contributed by atoms with Crippen molar-refractivity contribution in [1.82, 2.24) is 5.32 Å². The molecule has 3 N–H and O–H groups in total. The summed E-state index contributed by atoms with van der Waals surface area (Å²) in [7, 11) is 0. The van der Waals surface area contributed by atoms with Gasteiger partial charge in [0.25, 0.3) is 0 Å². The van der Waals surface area contributed by atoms with Crippen molar-refractivity contribution in [3.63, 3.8) is 0 Å². The van der Waals surface area contributed by atoms with Gasteiger partial charge in [-0.1, -0.05) is 13.8 Å². The number of hydrogen-bond donors (Lipinski definition) is 2. The molecule has 4 heteroatoms. The summed E-state index contributed by atoms with van der Waals surface area (Å²) in [6, 6.07) is 0.432. The summed E-state index contributed by atoms with van der Waals surface area (Å²) < 4.78 is 4.55. The number of carbonyl (C=O) groups excluding carboxylic acids is 1. The normalized spacial score (nSPS) is 13.0. The molecule has 1 amide bonds. The molecule has 1 atom stereocenters. The van der Waals surface area contributed by atoms with E-state index >= 15 is 0 Å². The zero-order chi connectivity index (χ0) is 9.56. The first-order valence-electron chi connectivity index (χ1n) is 4.19. The number of carbonyl (C=O) groups is 1. The Morgan fingerprint density at radius 2 is 2.08 bits per heavy atom. The predicted octanol–water partition coefficient (Wildman–Crippen LogP) is 0.716. The number of ether oxygens (including phenoxy) is 1. The number of amides is 1. The lowest BCUT2D eigenvalue weighted by atomic mass is 10.1. The molecule has 0 heterocycles. The molecule has 72 valence electrons. The number of hydrogen-bond acceptors (Lipinski definition) is 3. The maximum atomic E-state index is 10.2. The van der Waals surface area contributed by atoms with E-state index in [-0.39, 0.29) is 0 Å². The molecule has 0 aliphatic rings. The van der Waals surface area contributed by atoms with Gasteiger partial charge in [0, 0.05) is 12.6 Å². The molecule has 0 aromatic rings. The van der Waals surface area contributed by atoms with Gasteiger partial charge in [0.05, 0.1) is 0 Å². The van der Waals surface area contributed by atoms with Crippen molar-refractivity contribution in [2.24, 2.45) is 11.7 Å². The highest BCUT2D eigenvalue weighted by Gasteiger charge is 2.04. The van der Waals surface area contributed by atoms with Gasteiger partial charge in [-0.25, -0.2) is 4.79 Å². The van der Waals surface area contributed by atoms with Crippen LogP contribution in [-0.2, 0) is 4.74 Å². The fourth-order valence-corrected chi connectivity index (χ4v) is 0.674. The van der Waals surface area contributed by atoms with Gasteiger partial charge >= 0.3 is 6.09 Å². The van der Waals surface area contributed by atoms with Crippen molar-refractivity contribution in [1.29, 1.82) is 0 Å². The Balaban J connectivity index is 3.25. The van der Waals surface area contributed by atoms with Crippen LogP contribution in [-0.4, -0.2) is 25.3 Å². The summed E-state index contributed by atoms with van der Waals surface area (Å²) in [6.45, 7) is 7.35. The zero-order valence-electron chi connectivity index (χ0n) is 7.96. The number of nitrogens with one attached hydrogen (secondary N) is 1. The molecular formula is C8H18N2O2. The molecule has 0 saturated carbocycles. The van der Waals surface area contributed by atoms with Crippen LogP contribution in [0, 0.1) is 5.92 Å². The average Bonchev–Trinajstić information content (AvgIpc) is 1.97. The summed E-state index contributed by atoms with van der Waals surface area (Å²) in [5.74, 6) is 0.582. The fraction of sp³-hybridized carbons (Fsp3) is 0.875. The molecule has 0 saturated heterocycles. The lowest BCUT2D eigenvalue weighted by molar-refractivity contribution is 0.155. The predicted molar refractivity (Wildman–Crippen MR) is 47.8 cm³/mol. The van der Waals surface area contributed by atoms with E-state index in [4.69, 9.17) is 5.73 Å². The third-order valence-corrected chi connectivity index (χ3v) is 1.81. The molecule has 0 radical (unpaired) electrons. The van der Waals surface area contributed by atoms with Crippen molar-refractivity contribution in [3.8, 4) is 0 Å². The monoisotopic (exact) mass is 174 g/mol. The molecule has 0 bridgehead atoms. The van der Waals surface area contributed by atoms with Crippen LogP contribution in [0.2, 0.25) is 0 Å². The van der Waals surface area contributed by atoms with E-state index in [0.717, 1.165) is 0 Å². The second-order valence-corrected chi connectivity index (χ2v) is 3.15. The molecule has 12 heavy (non-hydrogen) atoms. The van der Waals surface area contributed by atoms with E-state index in [1.807, 2.05) is 0 Å². The van der Waals surface area contributed by atoms with Gasteiger partial charge in [-0.15, -0.1) is 0 Å². The van der Waals surface area contributed by atoms with E-state index in [2.05, 4.69) is 30.8 Å². The Labute approximate surface area is 73.5 Å². The lowest BCUT2D eigenvalue weighted by Crippen LogP contribution is -2.34. The maximum Gasteiger partial charge on any atom is 0.404 e. The van der Waals surface area contributed by atoms with Crippen LogP contribution in [0.1, 0.15) is 20.8 Å². The van der Waals surface area contributed by atoms with Crippen molar-refractivity contribution < 1.29 is 9.53 Å². The van der Waals surface area contributed by atoms with Gasteiger partial charge in [-0.05, 0) is 12.8 Å². The van der Waals surface area contributed by atoms with Crippen LogP contribution in [0.5, 0.6) is 0 Å². The van der Waals surface area contributed by atoms with Crippen LogP contribution in [0.15, 0.2) is 0 Å². The van der Waals surface area contributed by atoms with Gasteiger partial charge in [0.2, 0.25) is 0 Å². The first-order valence-corrected chi connectivity index (χ1v) is 4.19. The molecule has 0 aromatic heterocycles. The number of rotatable bonds is 5. The largest absolute Gasteiger partial charge is 0.448 e. The summed E-state index contributed by atoms with van der Waals surface area (Å²) >= 11 is 0. The summed E-state index contributed by atoms with van der Waals surface area (Å²) in [6.07, 6.45) is -0.714. The standard InChI is InChI=1S/C8H18N2O2/c1-6(2)7(3)10-4-5-12-8(9)11/h6-7,10H,4-5H2,1-3H3,(H2,9,11). The number of primary amides is 1. The first-order chi connectivity index (χ1) is 5.54. The van der Waals surface area contributed by atoms with E-state index in [1.54, 1.807) is 0 Å². The van der Waals surface area contributed by atoms with E-state index in [9.17, 15) is 4.79 Å². The lowest BCUT2D eigenvalue weighted by Gasteiger charge is -2.16. The minimum absolute atomic E-state index is 0.340. The van der Waals surface area contributed by atoms with Crippen molar-refractivity contribution in [2.75, 3.05) is 13.2 Å². The van der Waals surface area contributed by atoms with Gasteiger partial charge in [0.1, 0.15) is 6.61 Å². The highest BCUT2D eigenvalue weighted by Crippen LogP contribution is 1.98. The second kappa shape index (κ2) is 5.83. The molecule has 0 spiro atoms. The summed E-state index contributed by atoms with van der Waals surface area (Å²) in [4.78, 5) is 10.2. The van der Waals surface area contributed by atoms with Gasteiger partial charge in [-0.2, -0.15) is 0 Å². The summed E-state index contributed by atoms with van der Waals surface area (Å²) in [5.41, 5.74) is 4.78. The minimum Gasteiger partial charge on any atom is -0.448 e. The average molecular weight is 174 g/mol. The molecule has 0 aliphatic heterocycles. The quantitative estimate of drug-likeness (QED) is 0.603. The Kier molecular flexibility index (Phi) is 5.45. The van der Waals surface area contributed by atoms with E-state index < -0.39 is 6.09 Å². The molecule has 0 aromatic carbocycles. The van der Waals surface area contributed by atoms with Crippen LogP contribution in [0.25, 0.3) is 0 Å². The van der Waals surface area contributed by atoms with E-state index in [1.165, 1.54) is 0 Å². The molecular weight excluding hydrogens is 156 g/mol. The van der Waals surface area contributed by atoms with Gasteiger partial charge < -0.3 is 15.8 Å². The van der Waals surface area contributed by atoms with Gasteiger partial charge in [-0.3, -0.25) is 0 Å². The third-order valence-electron chi connectivity index (χ3n) is 1.81. The molecule has 1 unspecified atom stereocenters. The summed E-state index contributed by atoms with van der Waals surface area (Å²) in [5, 5.41) is 3.20. The molecule has 0 aliphatic carbocycles. The highest BCUT2D eigenvalue weighted by molar-refractivity contribution is 5.64. The van der Waals surface area contributed by atoms with Crippen molar-refractivity contribution in [3.05, 3.63) is 0 Å². The Hall–Kier alpha value is -0.770. The molecule has 0 rings (SSSR count). The SMILES string of the molecule is CC(C)C(C)NCCOC(N)=O. The highest BCUT2D eigenvalue weighted by atomic mass is 16.5. The molecule has 0 fully saturated rings. The zero-order valence-corrected chi connectivity index (χ0v) is 7.96. The Bertz CT molecular complexity index is 137. The van der Waals surface area contributed by atoms with Crippen LogP contribution < -0.4 is 11.1 Å². The van der Waals surface area contributed by atoms with Crippen LogP contribution in [0.3, 0.4) is 0 Å². The first kappa shape index (κ1) is 11.2. The minimum atomic E-state index is -0.714. The fourth-order valence-electron chi connectivity index (χ4n) is 0.674. The Morgan fingerprint density at radius 1 is 1.50 bits per heavy atom. The Morgan fingerprint density at radius 3 is 2.50 bits per heavy atom. The van der Waals surface area contributed by atoms with Crippen LogP contribution in [0.4, 0.5) is 4.79 Å². The smallest absolute Gasteiger partial charge is 0.404 e. The van der Waals surface area contributed by atoms with Crippen LogP contribution >= 0.6 is 0 Å². The van der Waals surface area contributed by atoms with Crippen molar-refractivity contribution >= 4 is 6.09 Å². The van der Waals surface area contributed by atoms with Crippen molar-refractivity contribution in [2.45, 2.75) is 26.8 Å².